The van der Waals surface area contributed by atoms with E-state index in [1.807, 2.05) is 30.3 Å². The Bertz CT molecular complexity index is 549. The molecule has 0 aromatic heterocycles. The van der Waals surface area contributed by atoms with Gasteiger partial charge in [-0.2, -0.15) is 0 Å². The summed E-state index contributed by atoms with van der Waals surface area (Å²) in [5.74, 6) is -3.09. The summed E-state index contributed by atoms with van der Waals surface area (Å²) < 4.78 is 15.9. The van der Waals surface area contributed by atoms with E-state index in [0.717, 1.165) is 5.56 Å². The summed E-state index contributed by atoms with van der Waals surface area (Å²) in [6, 6.07) is 9.59. The fourth-order valence-corrected chi connectivity index (χ4v) is 2.44. The molecule has 0 aliphatic heterocycles. The minimum Gasteiger partial charge on any atom is -0.465 e. The Morgan fingerprint density at radius 1 is 1.00 bits per heavy atom. The molecule has 5 nitrogen and oxygen atoms in total. The first-order valence-corrected chi connectivity index (χ1v) is 8.32. The highest BCUT2D eigenvalue weighted by atomic mass is 16.6. The van der Waals surface area contributed by atoms with Crippen LogP contribution in [0, 0.1) is 11.8 Å². The molecule has 0 unspecified atom stereocenters. The van der Waals surface area contributed by atoms with Gasteiger partial charge in [-0.05, 0) is 19.4 Å². The zero-order valence-corrected chi connectivity index (χ0v) is 14.9. The molecule has 0 fully saturated rings. The molecule has 0 radical (unpaired) electrons. The van der Waals surface area contributed by atoms with Gasteiger partial charge in [-0.1, -0.05) is 42.5 Å². The van der Waals surface area contributed by atoms with Gasteiger partial charge in [-0.3, -0.25) is 9.59 Å². The summed E-state index contributed by atoms with van der Waals surface area (Å²) in [5, 5.41) is 0. The number of carbonyl (C=O) groups excluding carboxylic acids is 2. The van der Waals surface area contributed by atoms with Crippen LogP contribution >= 0.6 is 0 Å². The van der Waals surface area contributed by atoms with Crippen LogP contribution in [-0.2, 0) is 30.4 Å². The number of esters is 2. The quantitative estimate of drug-likeness (QED) is 0.349. The molecule has 25 heavy (non-hydrogen) atoms. The molecule has 0 saturated heterocycles. The molecule has 1 aromatic rings. The van der Waals surface area contributed by atoms with Crippen molar-refractivity contribution < 1.29 is 23.8 Å². The Labute approximate surface area is 149 Å². The molecule has 0 spiro atoms. The smallest absolute Gasteiger partial charge is 0.321 e. The molecule has 0 aliphatic rings. The maximum Gasteiger partial charge on any atom is 0.321 e. The van der Waals surface area contributed by atoms with E-state index in [1.54, 1.807) is 19.9 Å². The molecule has 1 rings (SSSR count). The number of hydrogen-bond donors (Lipinski definition) is 0. The second-order valence-corrected chi connectivity index (χ2v) is 5.29. The van der Waals surface area contributed by atoms with Gasteiger partial charge >= 0.3 is 11.9 Å². The van der Waals surface area contributed by atoms with E-state index < -0.39 is 29.9 Å². The van der Waals surface area contributed by atoms with Crippen LogP contribution in [0.25, 0.3) is 0 Å². The van der Waals surface area contributed by atoms with Gasteiger partial charge in [0.2, 0.25) is 0 Å². The second-order valence-electron chi connectivity index (χ2n) is 5.29. The average molecular weight is 346 g/mol. The van der Waals surface area contributed by atoms with Crippen molar-refractivity contribution in [3.63, 3.8) is 0 Å². The summed E-state index contributed by atoms with van der Waals surface area (Å²) in [5.41, 5.74) is 0.973. The van der Waals surface area contributed by atoms with Crippen LogP contribution in [0.4, 0.5) is 0 Å². The Morgan fingerprint density at radius 2 is 1.56 bits per heavy atom. The van der Waals surface area contributed by atoms with Crippen LogP contribution < -0.4 is 0 Å². The normalized spacial score (nSPS) is 12.9. The topological polar surface area (TPSA) is 61.8 Å². The third kappa shape index (κ3) is 6.19. The van der Waals surface area contributed by atoms with Gasteiger partial charge < -0.3 is 14.2 Å². The van der Waals surface area contributed by atoms with Gasteiger partial charge in [-0.25, -0.2) is 0 Å². The predicted octanol–water partition coefficient (Wildman–Crippen LogP) is 3.30. The molecule has 136 valence electrons. The molecule has 0 amide bonds. The predicted molar refractivity (Wildman–Crippen MR) is 95.7 cm³/mol. The van der Waals surface area contributed by atoms with Gasteiger partial charge in [0.25, 0.3) is 0 Å². The lowest BCUT2D eigenvalue weighted by molar-refractivity contribution is -0.165. The van der Waals surface area contributed by atoms with Crippen molar-refractivity contribution >= 4 is 11.9 Å². The van der Waals surface area contributed by atoms with Gasteiger partial charge in [0.1, 0.15) is 0 Å². The van der Waals surface area contributed by atoms with Crippen molar-refractivity contribution in [2.45, 2.75) is 26.6 Å². The van der Waals surface area contributed by atoms with Gasteiger partial charge in [0.05, 0.1) is 25.9 Å². The first kappa shape index (κ1) is 20.6. The van der Waals surface area contributed by atoms with Crippen LogP contribution in [-0.4, -0.2) is 31.3 Å². The maximum atomic E-state index is 12.3. The lowest BCUT2D eigenvalue weighted by Gasteiger charge is -2.27. The Balaban J connectivity index is 2.96. The van der Waals surface area contributed by atoms with Crippen LogP contribution in [0.5, 0.6) is 0 Å². The molecule has 1 aromatic carbocycles. The van der Waals surface area contributed by atoms with E-state index in [4.69, 9.17) is 14.2 Å². The van der Waals surface area contributed by atoms with E-state index in [-0.39, 0.29) is 13.2 Å². The molecule has 5 heteroatoms. The molecular formula is C20H26O5. The average Bonchev–Trinajstić information content (AvgIpc) is 2.62. The zero-order valence-electron chi connectivity index (χ0n) is 14.9. The standard InChI is InChI=1S/C20H26O5/c1-5-16(18(19(21)23-7-3)20(22)24-8-4)17(6-2)25-14-15-12-10-9-11-13-15/h5-6,9-13,16-18H,1-2,7-8,14H2,3-4H3/t16-,17-/m1/s1. The molecule has 0 bridgehead atoms. The van der Waals surface area contributed by atoms with Crippen LogP contribution in [0.2, 0.25) is 0 Å². The minimum atomic E-state index is -1.14. The molecule has 2 atom stereocenters. The molecule has 0 heterocycles. The van der Waals surface area contributed by atoms with Crippen LogP contribution in [0.1, 0.15) is 19.4 Å². The summed E-state index contributed by atoms with van der Waals surface area (Å²) in [4.78, 5) is 24.6. The molecule has 0 saturated carbocycles. The van der Waals surface area contributed by atoms with E-state index >= 15 is 0 Å². The molecule has 0 N–H and O–H groups in total. The van der Waals surface area contributed by atoms with E-state index in [0.29, 0.717) is 6.61 Å². The van der Waals surface area contributed by atoms with Crippen molar-refractivity contribution in [3.8, 4) is 0 Å². The van der Waals surface area contributed by atoms with Crippen LogP contribution in [0.15, 0.2) is 55.6 Å². The fraction of sp³-hybridized carbons (Fsp3) is 0.400. The van der Waals surface area contributed by atoms with E-state index in [9.17, 15) is 9.59 Å². The Morgan fingerprint density at radius 3 is 2.00 bits per heavy atom. The summed E-state index contributed by atoms with van der Waals surface area (Å²) >= 11 is 0. The summed E-state index contributed by atoms with van der Waals surface area (Å²) in [6.07, 6.45) is 2.48. The van der Waals surface area contributed by atoms with Gasteiger partial charge in [0, 0.05) is 5.92 Å². The maximum absolute atomic E-state index is 12.3. The lowest BCUT2D eigenvalue weighted by atomic mass is 9.87. The summed E-state index contributed by atoms with van der Waals surface area (Å²) in [7, 11) is 0. The van der Waals surface area contributed by atoms with Crippen molar-refractivity contribution in [1.29, 1.82) is 0 Å². The van der Waals surface area contributed by atoms with Crippen molar-refractivity contribution in [2.24, 2.45) is 11.8 Å². The second kappa shape index (κ2) is 11.2. The summed E-state index contributed by atoms with van der Waals surface area (Å²) in [6.45, 7) is 11.5. The monoisotopic (exact) mass is 346 g/mol. The fourth-order valence-electron chi connectivity index (χ4n) is 2.44. The zero-order chi connectivity index (χ0) is 18.7. The molecular weight excluding hydrogens is 320 g/mol. The highest BCUT2D eigenvalue weighted by Crippen LogP contribution is 2.25. The number of benzene rings is 1. The Hall–Kier alpha value is -2.40. The highest BCUT2D eigenvalue weighted by Gasteiger charge is 2.39. The number of rotatable bonds is 11. The van der Waals surface area contributed by atoms with Gasteiger partial charge in [0.15, 0.2) is 5.92 Å². The highest BCUT2D eigenvalue weighted by molar-refractivity contribution is 5.95. The first-order chi connectivity index (χ1) is 12.1. The third-order valence-corrected chi connectivity index (χ3v) is 3.64. The first-order valence-electron chi connectivity index (χ1n) is 8.32. The van der Waals surface area contributed by atoms with Crippen molar-refractivity contribution in [3.05, 3.63) is 61.2 Å². The number of hydrogen-bond acceptors (Lipinski definition) is 5. The Kier molecular flexibility index (Phi) is 9.25. The number of carbonyl (C=O) groups is 2. The van der Waals surface area contributed by atoms with Gasteiger partial charge in [-0.15, -0.1) is 13.2 Å². The SMILES string of the molecule is C=C[C@@H](OCc1ccccc1)[C@@H](C=C)C(C(=O)OCC)C(=O)OCC. The third-order valence-electron chi connectivity index (χ3n) is 3.64. The lowest BCUT2D eigenvalue weighted by Crippen LogP contribution is -2.39. The number of ether oxygens (including phenoxy) is 3. The van der Waals surface area contributed by atoms with E-state index in [2.05, 4.69) is 13.2 Å². The van der Waals surface area contributed by atoms with E-state index in [1.165, 1.54) is 6.08 Å². The molecule has 0 aliphatic carbocycles. The van der Waals surface area contributed by atoms with Crippen LogP contribution in [0.3, 0.4) is 0 Å². The van der Waals surface area contributed by atoms with Crippen molar-refractivity contribution in [2.75, 3.05) is 13.2 Å². The minimum absolute atomic E-state index is 0.169. The largest absolute Gasteiger partial charge is 0.465 e. The van der Waals surface area contributed by atoms with Crippen molar-refractivity contribution in [1.82, 2.24) is 0 Å².